The van der Waals surface area contributed by atoms with Crippen LogP contribution in [0.25, 0.3) is 0 Å². The van der Waals surface area contributed by atoms with Crippen LogP contribution in [0.2, 0.25) is 0 Å². The summed E-state index contributed by atoms with van der Waals surface area (Å²) in [5.74, 6) is 0.694. The lowest BCUT2D eigenvalue weighted by Gasteiger charge is -2.11. The number of nitrogens with two attached hydrogens (primary N) is 1. The molecule has 0 aromatic heterocycles. The Kier molecular flexibility index (Phi) is 6.36. The molecule has 1 aromatic rings. The van der Waals surface area contributed by atoms with Crippen LogP contribution in [0.1, 0.15) is 17.2 Å². The van der Waals surface area contributed by atoms with Crippen molar-refractivity contribution in [3.8, 4) is 0 Å². The van der Waals surface area contributed by atoms with Crippen molar-refractivity contribution >= 4 is 10.8 Å². The number of hydrogen-bond donors (Lipinski definition) is 2. The number of hydrogen-bond acceptors (Lipinski definition) is 4. The van der Waals surface area contributed by atoms with E-state index in [9.17, 15) is 9.32 Å². The molecule has 0 fully saturated rings. The number of aliphatic hydroxyl groups excluding tert-OH is 1. The van der Waals surface area contributed by atoms with E-state index in [1.807, 2.05) is 24.3 Å². The highest BCUT2D eigenvalue weighted by molar-refractivity contribution is 7.85. The van der Waals surface area contributed by atoms with Gasteiger partial charge in [-0.05, 0) is 11.1 Å². The van der Waals surface area contributed by atoms with Crippen LogP contribution in [0, 0.1) is 0 Å². The van der Waals surface area contributed by atoms with E-state index in [1.165, 1.54) is 0 Å². The van der Waals surface area contributed by atoms with Gasteiger partial charge in [0, 0.05) is 30.2 Å². The first-order valence-corrected chi connectivity index (χ1v) is 6.97. The highest BCUT2D eigenvalue weighted by Gasteiger charge is 2.11. The van der Waals surface area contributed by atoms with Gasteiger partial charge in [-0.3, -0.25) is 4.21 Å². The van der Waals surface area contributed by atoms with Crippen molar-refractivity contribution in [1.29, 1.82) is 0 Å². The van der Waals surface area contributed by atoms with Crippen LogP contribution >= 0.6 is 0 Å². The van der Waals surface area contributed by atoms with Gasteiger partial charge in [0.1, 0.15) is 0 Å². The van der Waals surface area contributed by atoms with Gasteiger partial charge in [-0.25, -0.2) is 0 Å². The predicted octanol–water partition coefficient (Wildman–Crippen LogP) is 0.574. The third-order valence-electron chi connectivity index (χ3n) is 2.46. The summed E-state index contributed by atoms with van der Waals surface area (Å²) in [7, 11) is 0.511. The van der Waals surface area contributed by atoms with E-state index in [-0.39, 0.29) is 5.75 Å². The lowest BCUT2D eigenvalue weighted by atomic mass is 10.1. The molecule has 0 saturated heterocycles. The average molecular weight is 257 g/mol. The molecule has 0 aliphatic carbocycles. The summed E-state index contributed by atoms with van der Waals surface area (Å²) in [6, 6.07) is 7.38. The second kappa shape index (κ2) is 7.55. The Balaban J connectivity index is 2.51. The molecular formula is C12H19NO3S. The summed E-state index contributed by atoms with van der Waals surface area (Å²) in [5.41, 5.74) is 7.27. The molecule has 0 amide bonds. The predicted molar refractivity (Wildman–Crippen MR) is 69.0 cm³/mol. The molecule has 0 spiro atoms. The largest absolute Gasteiger partial charge is 0.387 e. The molecule has 96 valence electrons. The number of methoxy groups -OCH3 is 1. The lowest BCUT2D eigenvalue weighted by molar-refractivity contribution is 0.201. The Morgan fingerprint density at radius 3 is 2.59 bits per heavy atom. The van der Waals surface area contributed by atoms with Gasteiger partial charge in [-0.1, -0.05) is 24.3 Å². The molecule has 2 unspecified atom stereocenters. The van der Waals surface area contributed by atoms with E-state index in [0.29, 0.717) is 18.9 Å². The van der Waals surface area contributed by atoms with Crippen LogP contribution < -0.4 is 5.73 Å². The quantitative estimate of drug-likeness (QED) is 0.749. The standard InChI is InChI=1S/C12H19NO3S/c1-16-6-7-17(15)9-12(14)11-4-2-10(8-13)3-5-11/h2-5,12,14H,6-9,13H2,1H3. The van der Waals surface area contributed by atoms with Crippen LogP contribution in [-0.2, 0) is 22.1 Å². The minimum absolute atomic E-state index is 0.241. The SMILES string of the molecule is COCCS(=O)CC(O)c1ccc(CN)cc1. The van der Waals surface area contributed by atoms with E-state index in [0.717, 1.165) is 11.1 Å². The maximum Gasteiger partial charge on any atom is 0.0905 e. The van der Waals surface area contributed by atoms with E-state index >= 15 is 0 Å². The fourth-order valence-electron chi connectivity index (χ4n) is 1.41. The zero-order valence-corrected chi connectivity index (χ0v) is 10.8. The highest BCUT2D eigenvalue weighted by atomic mass is 32.2. The minimum atomic E-state index is -1.06. The number of benzene rings is 1. The van der Waals surface area contributed by atoms with Crippen LogP contribution in [0.5, 0.6) is 0 Å². The van der Waals surface area contributed by atoms with Crippen LogP contribution in [-0.4, -0.2) is 34.5 Å². The van der Waals surface area contributed by atoms with Crippen molar-refractivity contribution in [2.45, 2.75) is 12.6 Å². The second-order valence-corrected chi connectivity index (χ2v) is 5.39. The summed E-state index contributed by atoms with van der Waals surface area (Å²) >= 11 is 0. The molecule has 1 rings (SSSR count). The van der Waals surface area contributed by atoms with Gasteiger partial charge >= 0.3 is 0 Å². The lowest BCUT2D eigenvalue weighted by Crippen LogP contribution is -2.14. The Labute approximate surface area is 104 Å². The Morgan fingerprint density at radius 1 is 1.41 bits per heavy atom. The molecule has 5 heteroatoms. The van der Waals surface area contributed by atoms with Gasteiger partial charge in [-0.2, -0.15) is 0 Å². The summed E-state index contributed by atoms with van der Waals surface area (Å²) in [5, 5.41) is 9.89. The molecule has 17 heavy (non-hydrogen) atoms. The zero-order valence-electron chi connectivity index (χ0n) is 9.96. The average Bonchev–Trinajstić information content (AvgIpc) is 2.36. The van der Waals surface area contributed by atoms with Gasteiger partial charge in [-0.15, -0.1) is 0 Å². The van der Waals surface area contributed by atoms with Gasteiger partial charge in [0.2, 0.25) is 0 Å². The van der Waals surface area contributed by atoms with Crippen LogP contribution in [0.15, 0.2) is 24.3 Å². The van der Waals surface area contributed by atoms with Crippen molar-refractivity contribution in [3.63, 3.8) is 0 Å². The molecule has 0 radical (unpaired) electrons. The normalized spacial score (nSPS) is 14.5. The number of rotatable bonds is 7. The smallest absolute Gasteiger partial charge is 0.0905 e. The number of aliphatic hydroxyl groups is 1. The minimum Gasteiger partial charge on any atom is -0.387 e. The van der Waals surface area contributed by atoms with E-state index in [1.54, 1.807) is 7.11 Å². The van der Waals surface area contributed by atoms with Crippen molar-refractivity contribution in [2.75, 3.05) is 25.2 Å². The van der Waals surface area contributed by atoms with Gasteiger partial charge in [0.05, 0.1) is 18.5 Å². The first kappa shape index (κ1) is 14.3. The molecule has 0 aliphatic rings. The zero-order chi connectivity index (χ0) is 12.7. The fraction of sp³-hybridized carbons (Fsp3) is 0.500. The first-order chi connectivity index (χ1) is 8.17. The van der Waals surface area contributed by atoms with Gasteiger partial charge in [0.15, 0.2) is 0 Å². The maximum absolute atomic E-state index is 11.6. The Bertz CT molecular complexity index is 353. The van der Waals surface area contributed by atoms with Crippen LogP contribution in [0.4, 0.5) is 0 Å². The first-order valence-electron chi connectivity index (χ1n) is 5.48. The van der Waals surface area contributed by atoms with Crippen LogP contribution in [0.3, 0.4) is 0 Å². The molecule has 0 saturated carbocycles. The van der Waals surface area contributed by atoms with E-state index in [4.69, 9.17) is 10.5 Å². The highest BCUT2D eigenvalue weighted by Crippen LogP contribution is 2.14. The topological polar surface area (TPSA) is 72.5 Å². The third-order valence-corrected chi connectivity index (χ3v) is 3.77. The Morgan fingerprint density at radius 2 is 2.06 bits per heavy atom. The molecule has 0 heterocycles. The monoisotopic (exact) mass is 257 g/mol. The second-order valence-electron chi connectivity index (χ2n) is 3.76. The summed E-state index contributed by atoms with van der Waals surface area (Å²) < 4.78 is 16.4. The fourth-order valence-corrected chi connectivity index (χ4v) is 2.47. The maximum atomic E-state index is 11.6. The summed E-state index contributed by atoms with van der Waals surface area (Å²) in [6.07, 6.45) is -0.695. The summed E-state index contributed by atoms with van der Waals surface area (Å²) in [6.45, 7) is 0.932. The third kappa shape index (κ3) is 4.95. The molecule has 2 atom stereocenters. The molecule has 1 aromatic carbocycles. The molecule has 0 bridgehead atoms. The van der Waals surface area contributed by atoms with E-state index < -0.39 is 16.9 Å². The van der Waals surface area contributed by atoms with E-state index in [2.05, 4.69) is 0 Å². The van der Waals surface area contributed by atoms with Gasteiger partial charge in [0.25, 0.3) is 0 Å². The Hall–Kier alpha value is -0.750. The molecule has 4 nitrogen and oxygen atoms in total. The van der Waals surface area contributed by atoms with Crippen molar-refractivity contribution in [1.82, 2.24) is 0 Å². The summed E-state index contributed by atoms with van der Waals surface area (Å²) in [4.78, 5) is 0. The van der Waals surface area contributed by atoms with Crippen molar-refractivity contribution in [3.05, 3.63) is 35.4 Å². The van der Waals surface area contributed by atoms with Gasteiger partial charge < -0.3 is 15.6 Å². The van der Waals surface area contributed by atoms with Crippen molar-refractivity contribution < 1.29 is 14.1 Å². The molecular weight excluding hydrogens is 238 g/mol. The number of ether oxygens (including phenoxy) is 1. The van der Waals surface area contributed by atoms with Crippen molar-refractivity contribution in [2.24, 2.45) is 5.73 Å². The molecule has 3 N–H and O–H groups in total. The molecule has 0 aliphatic heterocycles.